The molecule has 2 heterocycles. The van der Waals surface area contributed by atoms with Gasteiger partial charge in [0.15, 0.2) is 5.65 Å². The van der Waals surface area contributed by atoms with Crippen LogP contribution in [-0.4, -0.2) is 38.7 Å². The van der Waals surface area contributed by atoms with Crippen LogP contribution in [0.5, 0.6) is 0 Å². The molecule has 0 N–H and O–H groups in total. The molecule has 0 amide bonds. The number of allylic oxidation sites excluding steroid dienone is 3. The second kappa shape index (κ2) is 14.0. The van der Waals surface area contributed by atoms with E-state index in [1.807, 2.05) is 30.6 Å². The molecule has 0 bridgehead atoms. The van der Waals surface area contributed by atoms with Gasteiger partial charge in [0.2, 0.25) is 0 Å². The van der Waals surface area contributed by atoms with E-state index in [1.165, 1.54) is 30.2 Å². The largest absolute Gasteiger partial charge is 0.388 e. The van der Waals surface area contributed by atoms with Gasteiger partial charge in [-0.3, -0.25) is 10.1 Å². The van der Waals surface area contributed by atoms with Gasteiger partial charge in [-0.2, -0.15) is 0 Å². The van der Waals surface area contributed by atoms with Crippen molar-refractivity contribution in [3.05, 3.63) is 77.4 Å². The van der Waals surface area contributed by atoms with E-state index >= 15 is 0 Å². The third kappa shape index (κ3) is 7.76. The third-order valence-corrected chi connectivity index (χ3v) is 4.48. The first-order valence-corrected chi connectivity index (χ1v) is 10.1. The van der Waals surface area contributed by atoms with E-state index in [1.54, 1.807) is 38.8 Å². The zero-order chi connectivity index (χ0) is 22.4. The topological polar surface area (TPSA) is 96.0 Å². The molecule has 160 valence electrons. The van der Waals surface area contributed by atoms with Crippen molar-refractivity contribution < 1.29 is 9.66 Å². The number of thioether (sulfide) groups is 1. The van der Waals surface area contributed by atoms with Crippen LogP contribution in [0.15, 0.2) is 66.8 Å². The van der Waals surface area contributed by atoms with Crippen molar-refractivity contribution in [1.29, 1.82) is 0 Å². The first-order chi connectivity index (χ1) is 14.5. The zero-order valence-electron chi connectivity index (χ0n) is 17.7. The van der Waals surface area contributed by atoms with Crippen molar-refractivity contribution in [3.63, 3.8) is 0 Å². The smallest absolute Gasteiger partial charge is 0.269 e. The summed E-state index contributed by atoms with van der Waals surface area (Å²) in [5, 5.41) is 11.5. The number of hydrogen-bond acceptors (Lipinski definition) is 7. The Morgan fingerprint density at radius 3 is 2.40 bits per heavy atom. The van der Waals surface area contributed by atoms with Crippen LogP contribution in [0.3, 0.4) is 0 Å². The molecule has 0 saturated carbocycles. The van der Waals surface area contributed by atoms with E-state index in [0.717, 1.165) is 28.3 Å². The molecule has 0 saturated heterocycles. The first-order valence-electron chi connectivity index (χ1n) is 9.12. The number of ether oxygens (including phenoxy) is 1. The SMILES string of the molecule is C/C=C/Cn1cnc2c(SCc3ccc([N+](=O)[O-])cc3)ncnc21.C=CC.COC. The molecule has 9 heteroatoms. The molecule has 0 atom stereocenters. The molecule has 3 aromatic rings. The van der Waals surface area contributed by atoms with E-state index in [0.29, 0.717) is 5.75 Å². The fraction of sp³-hybridized carbons (Fsp3) is 0.286. The van der Waals surface area contributed by atoms with Crippen molar-refractivity contribution in [2.75, 3.05) is 14.2 Å². The Morgan fingerprint density at radius 1 is 1.20 bits per heavy atom. The molecule has 0 spiro atoms. The van der Waals surface area contributed by atoms with E-state index < -0.39 is 4.92 Å². The van der Waals surface area contributed by atoms with Crippen LogP contribution in [0, 0.1) is 10.1 Å². The van der Waals surface area contributed by atoms with Gasteiger partial charge < -0.3 is 9.30 Å². The van der Waals surface area contributed by atoms with Gasteiger partial charge in [0.1, 0.15) is 16.9 Å². The highest BCUT2D eigenvalue weighted by molar-refractivity contribution is 7.98. The number of rotatable bonds is 6. The van der Waals surface area contributed by atoms with Crippen LogP contribution in [0.4, 0.5) is 5.69 Å². The highest BCUT2D eigenvalue weighted by Gasteiger charge is 2.11. The summed E-state index contributed by atoms with van der Waals surface area (Å²) in [5.74, 6) is 0.659. The molecule has 0 aliphatic rings. The lowest BCUT2D eigenvalue weighted by atomic mass is 10.2. The Hall–Kier alpha value is -3.04. The van der Waals surface area contributed by atoms with Gasteiger partial charge in [-0.1, -0.05) is 42.1 Å². The van der Waals surface area contributed by atoms with Crippen molar-refractivity contribution in [3.8, 4) is 0 Å². The van der Waals surface area contributed by atoms with Gasteiger partial charge in [0, 0.05) is 38.6 Å². The molecule has 1 aromatic carbocycles. The number of fused-ring (bicyclic) bond motifs is 1. The number of nitro groups is 1. The molecule has 0 radical (unpaired) electrons. The molecule has 2 aromatic heterocycles. The second-order valence-electron chi connectivity index (χ2n) is 5.85. The van der Waals surface area contributed by atoms with E-state index in [-0.39, 0.29) is 5.69 Å². The van der Waals surface area contributed by atoms with Gasteiger partial charge >= 0.3 is 0 Å². The summed E-state index contributed by atoms with van der Waals surface area (Å²) >= 11 is 1.54. The summed E-state index contributed by atoms with van der Waals surface area (Å²) in [5.41, 5.74) is 2.66. The van der Waals surface area contributed by atoms with Crippen molar-refractivity contribution in [2.45, 2.75) is 31.2 Å². The van der Waals surface area contributed by atoms with Crippen LogP contribution >= 0.6 is 11.8 Å². The zero-order valence-corrected chi connectivity index (χ0v) is 18.5. The minimum Gasteiger partial charge on any atom is -0.388 e. The van der Waals surface area contributed by atoms with E-state index in [4.69, 9.17) is 0 Å². The molecule has 0 aliphatic heterocycles. The predicted octanol–water partition coefficient (Wildman–Crippen LogP) is 5.06. The lowest BCUT2D eigenvalue weighted by molar-refractivity contribution is -0.384. The van der Waals surface area contributed by atoms with Crippen LogP contribution < -0.4 is 0 Å². The summed E-state index contributed by atoms with van der Waals surface area (Å²) in [6.07, 6.45) is 9.06. The van der Waals surface area contributed by atoms with Gasteiger partial charge in [0.05, 0.1) is 11.3 Å². The molecule has 8 nitrogen and oxygen atoms in total. The third-order valence-electron chi connectivity index (χ3n) is 3.43. The standard InChI is InChI=1S/C16H15N5O2S.C3H6.C2H6O/c1-2-3-8-20-11-19-14-15(20)17-10-18-16(14)24-9-12-4-6-13(7-5-12)21(22)23;2*1-3-2/h2-7,10-11H,8-9H2,1H3;3H,1H2,2H3;1-2H3/b3-2+;;. The number of nitrogens with zero attached hydrogens (tertiary/aromatic N) is 5. The predicted molar refractivity (Wildman–Crippen MR) is 122 cm³/mol. The van der Waals surface area contributed by atoms with Crippen LogP contribution in [0.25, 0.3) is 11.2 Å². The minimum absolute atomic E-state index is 0.0934. The Morgan fingerprint density at radius 2 is 1.83 bits per heavy atom. The first kappa shape index (κ1) is 25.0. The maximum absolute atomic E-state index is 10.7. The number of nitro benzene ring substituents is 1. The average Bonchev–Trinajstić information content (AvgIpc) is 3.16. The molecular weight excluding hydrogens is 402 g/mol. The monoisotopic (exact) mass is 429 g/mol. The maximum atomic E-state index is 10.7. The average molecular weight is 430 g/mol. The van der Waals surface area contributed by atoms with E-state index in [2.05, 4.69) is 26.3 Å². The number of imidazole rings is 1. The van der Waals surface area contributed by atoms with Gasteiger partial charge in [-0.25, -0.2) is 15.0 Å². The summed E-state index contributed by atoms with van der Waals surface area (Å²) in [6.45, 7) is 7.94. The molecular formula is C21H27N5O3S. The van der Waals surface area contributed by atoms with E-state index in [9.17, 15) is 10.1 Å². The molecule has 30 heavy (non-hydrogen) atoms. The molecule has 0 unspecified atom stereocenters. The summed E-state index contributed by atoms with van der Waals surface area (Å²) in [7, 11) is 3.25. The van der Waals surface area contributed by atoms with Gasteiger partial charge in [-0.15, -0.1) is 6.58 Å². The maximum Gasteiger partial charge on any atom is 0.269 e. The van der Waals surface area contributed by atoms with Crippen LogP contribution in [0.1, 0.15) is 19.4 Å². The number of non-ortho nitro benzene ring substituents is 1. The summed E-state index contributed by atoms with van der Waals surface area (Å²) in [6, 6.07) is 6.54. The Bertz CT molecular complexity index is 955. The lowest BCUT2D eigenvalue weighted by Gasteiger charge is -2.03. The number of methoxy groups -OCH3 is 1. The normalized spacial score (nSPS) is 10.1. The van der Waals surface area contributed by atoms with Crippen molar-refractivity contribution >= 4 is 28.6 Å². The molecule has 3 rings (SSSR count). The molecule has 0 fully saturated rings. The Balaban J connectivity index is 0.000000672. The Labute approximate surface area is 180 Å². The van der Waals surface area contributed by atoms with Crippen molar-refractivity contribution in [1.82, 2.24) is 19.5 Å². The second-order valence-corrected chi connectivity index (χ2v) is 6.81. The summed E-state index contributed by atoms with van der Waals surface area (Å²) < 4.78 is 6.22. The number of benzene rings is 1. The quantitative estimate of drug-likeness (QED) is 0.178. The summed E-state index contributed by atoms with van der Waals surface area (Å²) in [4.78, 5) is 23.3. The number of hydrogen-bond donors (Lipinski definition) is 0. The van der Waals surface area contributed by atoms with Crippen LogP contribution in [0.2, 0.25) is 0 Å². The highest BCUT2D eigenvalue weighted by atomic mass is 32.2. The van der Waals surface area contributed by atoms with Gasteiger partial charge in [-0.05, 0) is 19.4 Å². The fourth-order valence-electron chi connectivity index (χ4n) is 2.18. The minimum atomic E-state index is -0.401. The van der Waals surface area contributed by atoms with Crippen LogP contribution in [-0.2, 0) is 17.0 Å². The number of aromatic nitrogens is 4. The molecule has 0 aliphatic carbocycles. The van der Waals surface area contributed by atoms with Gasteiger partial charge in [0.25, 0.3) is 5.69 Å². The van der Waals surface area contributed by atoms with Crippen molar-refractivity contribution in [2.24, 2.45) is 0 Å². The Kier molecular flexibility index (Phi) is 11.7. The highest BCUT2D eigenvalue weighted by Crippen LogP contribution is 2.27. The lowest BCUT2D eigenvalue weighted by Crippen LogP contribution is -1.95. The fourth-order valence-corrected chi connectivity index (χ4v) is 3.08.